The number of rotatable bonds is 6. The molecule has 0 aliphatic carbocycles. The summed E-state index contributed by atoms with van der Waals surface area (Å²) >= 11 is 0. The number of hydrogen-bond acceptors (Lipinski definition) is 4. The van der Waals surface area contributed by atoms with E-state index in [0.29, 0.717) is 12.2 Å². The molecule has 0 fully saturated rings. The summed E-state index contributed by atoms with van der Waals surface area (Å²) in [5.74, 6) is 0.604. The Morgan fingerprint density at radius 2 is 1.70 bits per heavy atom. The van der Waals surface area contributed by atoms with Crippen molar-refractivity contribution in [3.8, 4) is 0 Å². The number of ketones is 1. The molecular formula is C23H30O4. The van der Waals surface area contributed by atoms with E-state index in [1.807, 2.05) is 63.2 Å². The van der Waals surface area contributed by atoms with Gasteiger partial charge in [-0.05, 0) is 38.5 Å². The number of Topliss-reactive ketones (excluding diaryl/α,β-unsaturated/α-hetero) is 1. The van der Waals surface area contributed by atoms with Gasteiger partial charge in [-0.3, -0.25) is 4.79 Å². The van der Waals surface area contributed by atoms with E-state index in [-0.39, 0.29) is 11.8 Å². The zero-order chi connectivity index (χ0) is 20.5. The van der Waals surface area contributed by atoms with E-state index in [9.17, 15) is 9.59 Å². The molecule has 0 unspecified atom stereocenters. The number of esters is 1. The average molecular weight is 370 g/mol. The maximum atomic E-state index is 11.3. The number of hydrogen-bond donors (Lipinski definition) is 0. The first-order chi connectivity index (χ1) is 13.0. The van der Waals surface area contributed by atoms with Crippen molar-refractivity contribution in [1.29, 1.82) is 0 Å². The van der Waals surface area contributed by atoms with Gasteiger partial charge in [0.1, 0.15) is 5.76 Å². The van der Waals surface area contributed by atoms with Gasteiger partial charge in [0.05, 0.1) is 12.9 Å². The van der Waals surface area contributed by atoms with E-state index in [4.69, 9.17) is 9.15 Å². The van der Waals surface area contributed by atoms with Crippen LogP contribution in [0, 0.1) is 0 Å². The van der Waals surface area contributed by atoms with Crippen LogP contribution in [0.4, 0.5) is 0 Å². The Balaban J connectivity index is 0.000000519. The van der Waals surface area contributed by atoms with Gasteiger partial charge in [0.2, 0.25) is 0 Å². The Hall–Kier alpha value is -2.88. The molecule has 1 heterocycles. The molecule has 0 saturated carbocycles. The van der Waals surface area contributed by atoms with Crippen LogP contribution in [0.5, 0.6) is 0 Å². The van der Waals surface area contributed by atoms with Gasteiger partial charge in [-0.15, -0.1) is 0 Å². The third kappa shape index (κ3) is 11.4. The molecule has 4 nitrogen and oxygen atoms in total. The lowest BCUT2D eigenvalue weighted by atomic mass is 10.2. The molecule has 0 aliphatic heterocycles. The summed E-state index contributed by atoms with van der Waals surface area (Å²) in [6.07, 6.45) is 7.70. The van der Waals surface area contributed by atoms with Crippen LogP contribution in [0.1, 0.15) is 57.2 Å². The minimum absolute atomic E-state index is 0.121. The van der Waals surface area contributed by atoms with E-state index in [2.05, 4.69) is 0 Å². The lowest BCUT2D eigenvalue weighted by Gasteiger charge is -2.01. The van der Waals surface area contributed by atoms with Crippen molar-refractivity contribution < 1.29 is 18.7 Å². The first-order valence-electron chi connectivity index (χ1n) is 9.16. The molecule has 0 saturated heterocycles. The molecule has 4 heteroatoms. The highest BCUT2D eigenvalue weighted by Crippen LogP contribution is 2.04. The first kappa shape index (κ1) is 24.1. The Morgan fingerprint density at radius 3 is 2.19 bits per heavy atom. The van der Waals surface area contributed by atoms with Crippen LogP contribution in [0.15, 0.2) is 70.9 Å². The molecule has 0 radical (unpaired) electrons. The van der Waals surface area contributed by atoms with Crippen LogP contribution >= 0.6 is 0 Å². The van der Waals surface area contributed by atoms with Gasteiger partial charge in [0, 0.05) is 11.1 Å². The predicted molar refractivity (Wildman–Crippen MR) is 111 cm³/mol. The number of carbonyl (C=O) groups is 2. The van der Waals surface area contributed by atoms with Gasteiger partial charge < -0.3 is 9.15 Å². The normalized spacial score (nSPS) is 10.3. The first-order valence-corrected chi connectivity index (χ1v) is 9.16. The van der Waals surface area contributed by atoms with Crippen LogP contribution in [0.25, 0.3) is 6.08 Å². The average Bonchev–Trinajstić information content (AvgIpc) is 3.22. The molecular weight excluding hydrogens is 340 g/mol. The highest BCUT2D eigenvalue weighted by Gasteiger charge is 2.02. The molecule has 1 aromatic carbocycles. The molecule has 0 aliphatic rings. The zero-order valence-electron chi connectivity index (χ0n) is 16.9. The molecule has 2 rings (SSSR count). The lowest BCUT2D eigenvalue weighted by Crippen LogP contribution is -2.05. The van der Waals surface area contributed by atoms with Crippen molar-refractivity contribution in [2.75, 3.05) is 6.61 Å². The van der Waals surface area contributed by atoms with Crippen LogP contribution < -0.4 is 0 Å². The third-order valence-corrected chi connectivity index (χ3v) is 3.09. The summed E-state index contributed by atoms with van der Waals surface area (Å²) in [5.41, 5.74) is 1.36. The number of benzene rings is 1. The molecule has 1 aromatic heterocycles. The SMILES string of the molecule is CC.CC(=O)c1ccccc1.CCCOC(=O)/C(C)=C\C=C\c1ccco1. The second-order valence-corrected chi connectivity index (χ2v) is 5.28. The van der Waals surface area contributed by atoms with Crippen molar-refractivity contribution in [2.45, 2.75) is 41.0 Å². The van der Waals surface area contributed by atoms with Crippen molar-refractivity contribution in [3.05, 3.63) is 77.8 Å². The third-order valence-electron chi connectivity index (χ3n) is 3.09. The summed E-state index contributed by atoms with van der Waals surface area (Å²) in [4.78, 5) is 22.0. The minimum atomic E-state index is -0.272. The van der Waals surface area contributed by atoms with Crippen molar-refractivity contribution in [1.82, 2.24) is 0 Å². The van der Waals surface area contributed by atoms with Crippen LogP contribution in [0.3, 0.4) is 0 Å². The zero-order valence-corrected chi connectivity index (χ0v) is 16.9. The highest BCUT2D eigenvalue weighted by molar-refractivity contribution is 5.93. The van der Waals surface area contributed by atoms with Gasteiger partial charge in [-0.25, -0.2) is 4.79 Å². The number of ether oxygens (including phenoxy) is 1. The largest absolute Gasteiger partial charge is 0.465 e. The number of furan rings is 1. The van der Waals surface area contributed by atoms with Gasteiger partial charge >= 0.3 is 5.97 Å². The molecule has 0 N–H and O–H groups in total. The monoisotopic (exact) mass is 370 g/mol. The summed E-state index contributed by atoms with van der Waals surface area (Å²) in [6.45, 7) is 9.72. The maximum Gasteiger partial charge on any atom is 0.333 e. The van der Waals surface area contributed by atoms with Gasteiger partial charge in [0.25, 0.3) is 0 Å². The number of allylic oxidation sites excluding steroid dienone is 2. The fourth-order valence-electron chi connectivity index (χ4n) is 1.72. The number of carbonyl (C=O) groups excluding carboxylic acids is 2. The van der Waals surface area contributed by atoms with Gasteiger partial charge in [-0.2, -0.15) is 0 Å². The van der Waals surface area contributed by atoms with Crippen LogP contribution in [-0.4, -0.2) is 18.4 Å². The van der Waals surface area contributed by atoms with Crippen molar-refractivity contribution >= 4 is 17.8 Å². The molecule has 0 spiro atoms. The van der Waals surface area contributed by atoms with E-state index in [1.165, 1.54) is 0 Å². The fraction of sp³-hybridized carbons (Fsp3) is 0.304. The molecule has 27 heavy (non-hydrogen) atoms. The molecule has 0 amide bonds. The fourth-order valence-corrected chi connectivity index (χ4v) is 1.72. The van der Waals surface area contributed by atoms with E-state index in [1.54, 1.807) is 38.3 Å². The Kier molecular flexibility index (Phi) is 13.7. The quantitative estimate of drug-likeness (QED) is 0.266. The molecule has 0 bridgehead atoms. The topological polar surface area (TPSA) is 56.5 Å². The second kappa shape index (κ2) is 15.4. The minimum Gasteiger partial charge on any atom is -0.465 e. The van der Waals surface area contributed by atoms with E-state index < -0.39 is 0 Å². The van der Waals surface area contributed by atoms with Crippen molar-refractivity contribution in [3.63, 3.8) is 0 Å². The standard InChI is InChI=1S/C13H16O3.C8H8O.C2H6/c1-3-9-16-13(14)11(2)6-4-7-12-8-5-10-15-12;1-7(9)8-5-3-2-4-6-8;1-2/h4-8,10H,3,9H2,1-2H3;2-6H,1H3;1-2H3/b7-4+,11-6-;;. The Bertz CT molecular complexity index is 695. The van der Waals surface area contributed by atoms with Crippen LogP contribution in [0.2, 0.25) is 0 Å². The lowest BCUT2D eigenvalue weighted by molar-refractivity contribution is -0.138. The summed E-state index contributed by atoms with van der Waals surface area (Å²) in [7, 11) is 0. The van der Waals surface area contributed by atoms with E-state index in [0.717, 1.165) is 17.7 Å². The summed E-state index contributed by atoms with van der Waals surface area (Å²) < 4.78 is 10.1. The van der Waals surface area contributed by atoms with Crippen LogP contribution in [-0.2, 0) is 9.53 Å². The van der Waals surface area contributed by atoms with Crippen molar-refractivity contribution in [2.24, 2.45) is 0 Å². The predicted octanol–water partition coefficient (Wildman–Crippen LogP) is 6.11. The van der Waals surface area contributed by atoms with Gasteiger partial charge in [-0.1, -0.05) is 63.3 Å². The van der Waals surface area contributed by atoms with Gasteiger partial charge in [0.15, 0.2) is 5.78 Å². The molecule has 0 atom stereocenters. The second-order valence-electron chi connectivity index (χ2n) is 5.28. The van der Waals surface area contributed by atoms with E-state index >= 15 is 0 Å². The Morgan fingerprint density at radius 1 is 1.04 bits per heavy atom. The molecule has 2 aromatic rings. The summed E-state index contributed by atoms with van der Waals surface area (Å²) in [5, 5.41) is 0. The Labute approximate surface area is 162 Å². The smallest absolute Gasteiger partial charge is 0.333 e. The molecule has 146 valence electrons. The summed E-state index contributed by atoms with van der Waals surface area (Å²) in [6, 6.07) is 12.9. The highest BCUT2D eigenvalue weighted by atomic mass is 16.5. The maximum absolute atomic E-state index is 11.3.